The highest BCUT2D eigenvalue weighted by Crippen LogP contribution is 2.38. The number of para-hydroxylation sites is 1. The molecule has 1 heterocycles. The van der Waals surface area contributed by atoms with Crippen molar-refractivity contribution in [2.45, 2.75) is 6.04 Å². The van der Waals surface area contributed by atoms with E-state index in [2.05, 4.69) is 21.2 Å². The van der Waals surface area contributed by atoms with Gasteiger partial charge in [-0.1, -0.05) is 58.4 Å². The van der Waals surface area contributed by atoms with Gasteiger partial charge in [0.25, 0.3) is 5.91 Å². The van der Waals surface area contributed by atoms with E-state index in [1.165, 1.54) is 7.11 Å². The quantitative estimate of drug-likeness (QED) is 0.631. The molecule has 6 heteroatoms. The first-order valence-corrected chi connectivity index (χ1v) is 9.96. The summed E-state index contributed by atoms with van der Waals surface area (Å²) in [6, 6.07) is 22.0. The largest absolute Gasteiger partial charge is 0.496 e. The minimum Gasteiger partial charge on any atom is -0.496 e. The number of amides is 2. The van der Waals surface area contributed by atoms with Gasteiger partial charge in [0.1, 0.15) is 12.3 Å². The fourth-order valence-electron chi connectivity index (χ4n) is 3.64. The van der Waals surface area contributed by atoms with Crippen LogP contribution in [0.25, 0.3) is 0 Å². The zero-order valence-electron chi connectivity index (χ0n) is 15.8. The normalized spacial score (nSPS) is 15.9. The van der Waals surface area contributed by atoms with E-state index in [1.54, 1.807) is 23.1 Å². The molecular weight excluding hydrogens is 432 g/mol. The molecule has 1 aliphatic heterocycles. The smallest absolute Gasteiger partial charge is 0.258 e. The number of ether oxygens (including phenoxy) is 1. The molecule has 0 spiro atoms. The summed E-state index contributed by atoms with van der Waals surface area (Å²) in [5.41, 5.74) is 2.89. The summed E-state index contributed by atoms with van der Waals surface area (Å²) in [4.78, 5) is 27.9. The number of anilines is 1. The molecule has 0 bridgehead atoms. The van der Waals surface area contributed by atoms with Crippen LogP contribution in [0.1, 0.15) is 27.5 Å². The second kappa shape index (κ2) is 8.09. The Kier molecular flexibility index (Phi) is 5.36. The lowest BCUT2D eigenvalue weighted by Gasteiger charge is -2.31. The van der Waals surface area contributed by atoms with Gasteiger partial charge in [-0.2, -0.15) is 0 Å². The van der Waals surface area contributed by atoms with Gasteiger partial charge >= 0.3 is 0 Å². The molecule has 146 valence electrons. The predicted molar refractivity (Wildman–Crippen MR) is 115 cm³/mol. The first-order valence-electron chi connectivity index (χ1n) is 9.16. The van der Waals surface area contributed by atoms with E-state index in [-0.39, 0.29) is 18.4 Å². The predicted octanol–water partition coefficient (Wildman–Crippen LogP) is 4.64. The molecule has 2 amide bonds. The van der Waals surface area contributed by atoms with Gasteiger partial charge in [0.15, 0.2) is 0 Å². The molecule has 3 aromatic carbocycles. The Morgan fingerprint density at radius 2 is 1.79 bits per heavy atom. The third-order valence-corrected chi connectivity index (χ3v) is 5.41. The average molecular weight is 451 g/mol. The van der Waals surface area contributed by atoms with Crippen molar-refractivity contribution in [3.05, 3.63) is 94.0 Å². The summed E-state index contributed by atoms with van der Waals surface area (Å²) < 4.78 is 6.26. The van der Waals surface area contributed by atoms with Crippen molar-refractivity contribution < 1.29 is 14.3 Å². The molecule has 1 aliphatic rings. The maximum atomic E-state index is 13.6. The van der Waals surface area contributed by atoms with E-state index in [4.69, 9.17) is 4.74 Å². The molecule has 0 saturated heterocycles. The summed E-state index contributed by atoms with van der Waals surface area (Å²) in [6.07, 6.45) is 0. The van der Waals surface area contributed by atoms with Crippen molar-refractivity contribution in [1.82, 2.24) is 4.90 Å². The molecule has 5 nitrogen and oxygen atoms in total. The highest BCUT2D eigenvalue weighted by atomic mass is 79.9. The Balaban J connectivity index is 1.90. The van der Waals surface area contributed by atoms with Crippen molar-refractivity contribution in [1.29, 1.82) is 0 Å². The van der Waals surface area contributed by atoms with Crippen LogP contribution in [-0.4, -0.2) is 30.4 Å². The fraction of sp³-hybridized carbons (Fsp3) is 0.130. The highest BCUT2D eigenvalue weighted by Gasteiger charge is 2.34. The minimum absolute atomic E-state index is 0.0667. The van der Waals surface area contributed by atoms with E-state index < -0.39 is 6.04 Å². The van der Waals surface area contributed by atoms with Crippen LogP contribution < -0.4 is 10.1 Å². The van der Waals surface area contributed by atoms with E-state index in [1.807, 2.05) is 54.6 Å². The van der Waals surface area contributed by atoms with Gasteiger partial charge in [-0.25, -0.2) is 0 Å². The monoisotopic (exact) mass is 450 g/mol. The first kappa shape index (κ1) is 19.2. The Bertz CT molecular complexity index is 1070. The second-order valence-electron chi connectivity index (χ2n) is 6.73. The second-order valence-corrected chi connectivity index (χ2v) is 7.64. The summed E-state index contributed by atoms with van der Waals surface area (Å²) in [6.45, 7) is -0.0667. The van der Waals surface area contributed by atoms with Crippen LogP contribution in [0.3, 0.4) is 0 Å². The van der Waals surface area contributed by atoms with Crippen LogP contribution in [0.15, 0.2) is 77.3 Å². The van der Waals surface area contributed by atoms with Gasteiger partial charge in [-0.3, -0.25) is 9.59 Å². The Labute approximate surface area is 177 Å². The molecule has 0 aromatic heterocycles. The van der Waals surface area contributed by atoms with Crippen molar-refractivity contribution in [2.24, 2.45) is 0 Å². The van der Waals surface area contributed by atoms with E-state index >= 15 is 0 Å². The van der Waals surface area contributed by atoms with Crippen LogP contribution in [-0.2, 0) is 4.79 Å². The van der Waals surface area contributed by atoms with Crippen LogP contribution in [0.2, 0.25) is 0 Å². The highest BCUT2D eigenvalue weighted by molar-refractivity contribution is 9.10. The Morgan fingerprint density at radius 3 is 2.55 bits per heavy atom. The number of rotatable bonds is 3. The van der Waals surface area contributed by atoms with Gasteiger partial charge in [-0.15, -0.1) is 0 Å². The van der Waals surface area contributed by atoms with Gasteiger partial charge in [0.05, 0.1) is 18.7 Å². The van der Waals surface area contributed by atoms with Gasteiger partial charge in [0, 0.05) is 15.7 Å². The zero-order valence-corrected chi connectivity index (χ0v) is 17.3. The number of carbonyl (C=O) groups excluding carboxylic acids is 2. The van der Waals surface area contributed by atoms with Crippen LogP contribution in [0.4, 0.5) is 5.69 Å². The van der Waals surface area contributed by atoms with E-state index in [9.17, 15) is 9.59 Å². The first-order chi connectivity index (χ1) is 14.1. The molecular formula is C23H19BrN2O3. The number of carbonyl (C=O) groups is 2. The molecule has 29 heavy (non-hydrogen) atoms. The fourth-order valence-corrected chi connectivity index (χ4v) is 4.02. The molecule has 0 unspecified atom stereocenters. The third kappa shape index (κ3) is 3.76. The number of benzene rings is 3. The topological polar surface area (TPSA) is 58.6 Å². The number of fused-ring (bicyclic) bond motifs is 1. The average Bonchev–Trinajstić information content (AvgIpc) is 2.89. The molecule has 4 rings (SSSR count). The SMILES string of the molecule is COc1ccccc1C(=O)N1CC(=O)Nc2ccc(Br)cc2[C@H]1c1ccccc1. The summed E-state index contributed by atoms with van der Waals surface area (Å²) in [7, 11) is 1.53. The molecule has 1 atom stereocenters. The summed E-state index contributed by atoms with van der Waals surface area (Å²) in [5, 5.41) is 2.93. The molecule has 3 aromatic rings. The lowest BCUT2D eigenvalue weighted by Crippen LogP contribution is -2.39. The van der Waals surface area contributed by atoms with Crippen LogP contribution in [0, 0.1) is 0 Å². The maximum Gasteiger partial charge on any atom is 0.258 e. The number of methoxy groups -OCH3 is 1. The third-order valence-electron chi connectivity index (χ3n) is 4.92. The molecule has 0 fully saturated rings. The molecule has 0 saturated carbocycles. The number of hydrogen-bond donors (Lipinski definition) is 1. The number of halogens is 1. The van der Waals surface area contributed by atoms with E-state index in [0.717, 1.165) is 15.6 Å². The van der Waals surface area contributed by atoms with Crippen molar-refractivity contribution in [2.75, 3.05) is 19.0 Å². The number of hydrogen-bond acceptors (Lipinski definition) is 3. The van der Waals surface area contributed by atoms with Gasteiger partial charge < -0.3 is 15.0 Å². The Hall–Kier alpha value is -3.12. The lowest BCUT2D eigenvalue weighted by molar-refractivity contribution is -0.117. The maximum absolute atomic E-state index is 13.6. The lowest BCUT2D eigenvalue weighted by atomic mass is 9.95. The van der Waals surface area contributed by atoms with Gasteiger partial charge in [-0.05, 0) is 35.9 Å². The number of nitrogens with zero attached hydrogens (tertiary/aromatic N) is 1. The minimum atomic E-state index is -0.430. The van der Waals surface area contributed by atoms with Crippen LogP contribution >= 0.6 is 15.9 Å². The molecule has 0 aliphatic carbocycles. The van der Waals surface area contributed by atoms with Crippen molar-refractivity contribution >= 4 is 33.4 Å². The number of nitrogens with one attached hydrogen (secondary N) is 1. The van der Waals surface area contributed by atoms with Crippen LogP contribution in [0.5, 0.6) is 5.75 Å². The standard InChI is InChI=1S/C23H19BrN2O3/c1-29-20-10-6-5-9-17(20)23(28)26-14-21(27)25-19-12-11-16(24)13-18(19)22(26)15-7-3-2-4-8-15/h2-13,22H,14H2,1H3,(H,25,27)/t22-/m1/s1. The molecule has 0 radical (unpaired) electrons. The Morgan fingerprint density at radius 1 is 1.07 bits per heavy atom. The van der Waals surface area contributed by atoms with Crippen molar-refractivity contribution in [3.63, 3.8) is 0 Å². The van der Waals surface area contributed by atoms with Crippen molar-refractivity contribution in [3.8, 4) is 5.75 Å². The summed E-state index contributed by atoms with van der Waals surface area (Å²) >= 11 is 3.52. The van der Waals surface area contributed by atoms with Gasteiger partial charge in [0.2, 0.25) is 5.91 Å². The zero-order chi connectivity index (χ0) is 20.4. The summed E-state index contributed by atoms with van der Waals surface area (Å²) in [5.74, 6) is -0.0297. The van der Waals surface area contributed by atoms with E-state index in [0.29, 0.717) is 17.0 Å². The molecule has 1 N–H and O–H groups in total.